The number of rotatable bonds is 4. The van der Waals surface area contributed by atoms with Crippen molar-refractivity contribution in [3.8, 4) is 0 Å². The fourth-order valence-corrected chi connectivity index (χ4v) is 1.21. The third-order valence-electron chi connectivity index (χ3n) is 2.19. The fraction of sp³-hybridized carbons (Fsp3) is 0.900. The summed E-state index contributed by atoms with van der Waals surface area (Å²) in [4.78, 5) is 13.4. The smallest absolute Gasteiger partial charge is 0.226 e. The van der Waals surface area contributed by atoms with Crippen molar-refractivity contribution < 1.29 is 4.79 Å². The summed E-state index contributed by atoms with van der Waals surface area (Å²) in [5.74, 6) is 0.571. The van der Waals surface area contributed by atoms with E-state index in [4.69, 9.17) is 5.73 Å². The lowest BCUT2D eigenvalue weighted by Gasteiger charge is -2.24. The molecule has 0 aromatic carbocycles. The van der Waals surface area contributed by atoms with Crippen molar-refractivity contribution in [2.75, 3.05) is 13.6 Å². The van der Waals surface area contributed by atoms with E-state index in [-0.39, 0.29) is 17.9 Å². The molecule has 78 valence electrons. The quantitative estimate of drug-likeness (QED) is 0.714. The lowest BCUT2D eigenvalue weighted by Crippen LogP contribution is -2.41. The van der Waals surface area contributed by atoms with Gasteiger partial charge < -0.3 is 10.6 Å². The second-order valence-corrected chi connectivity index (χ2v) is 4.26. The maximum absolute atomic E-state index is 11.7. The molecule has 13 heavy (non-hydrogen) atoms. The Bertz CT molecular complexity index is 166. The third kappa shape index (κ3) is 4.27. The lowest BCUT2D eigenvalue weighted by atomic mass is 10.0. The molecular formula is C10H22N2O. The molecule has 0 saturated carbocycles. The zero-order chi connectivity index (χ0) is 10.6. The van der Waals surface area contributed by atoms with Crippen LogP contribution in [0.4, 0.5) is 0 Å². The van der Waals surface area contributed by atoms with Crippen LogP contribution in [0.5, 0.6) is 0 Å². The number of hydrogen-bond acceptors (Lipinski definition) is 2. The molecule has 1 amide bonds. The number of amides is 1. The molecule has 0 rings (SSSR count). The average molecular weight is 186 g/mol. The van der Waals surface area contributed by atoms with Crippen molar-refractivity contribution in [1.82, 2.24) is 4.90 Å². The maximum Gasteiger partial charge on any atom is 0.226 e. The van der Waals surface area contributed by atoms with Gasteiger partial charge in [0.2, 0.25) is 5.91 Å². The molecule has 0 bridgehead atoms. The molecule has 3 heteroatoms. The summed E-state index contributed by atoms with van der Waals surface area (Å²) < 4.78 is 0. The van der Waals surface area contributed by atoms with Gasteiger partial charge in [-0.15, -0.1) is 0 Å². The molecule has 2 atom stereocenters. The molecule has 2 N–H and O–H groups in total. The first kappa shape index (κ1) is 12.4. The molecule has 0 aromatic heterocycles. The van der Waals surface area contributed by atoms with Crippen molar-refractivity contribution >= 4 is 5.91 Å². The minimum Gasteiger partial charge on any atom is -0.345 e. The predicted octanol–water partition coefficient (Wildman–Crippen LogP) is 1.08. The summed E-state index contributed by atoms with van der Waals surface area (Å²) >= 11 is 0. The average Bonchev–Trinajstić information content (AvgIpc) is 2.00. The van der Waals surface area contributed by atoms with Crippen molar-refractivity contribution in [1.29, 1.82) is 0 Å². The van der Waals surface area contributed by atoms with E-state index in [1.165, 1.54) is 0 Å². The molecule has 2 unspecified atom stereocenters. The molecular weight excluding hydrogens is 164 g/mol. The molecule has 0 saturated heterocycles. The topological polar surface area (TPSA) is 46.3 Å². The highest BCUT2D eigenvalue weighted by Crippen LogP contribution is 2.06. The van der Waals surface area contributed by atoms with E-state index in [9.17, 15) is 4.79 Å². The Morgan fingerprint density at radius 1 is 1.31 bits per heavy atom. The standard InChI is InChI=1S/C10H22N2O/c1-7(2)6-12(5)10(13)8(3)9(4)11/h7-9H,6,11H2,1-5H3. The first-order chi connectivity index (χ1) is 5.86. The van der Waals surface area contributed by atoms with Gasteiger partial charge in [-0.2, -0.15) is 0 Å². The number of nitrogens with two attached hydrogens (primary N) is 1. The lowest BCUT2D eigenvalue weighted by molar-refractivity contribution is -0.134. The van der Waals surface area contributed by atoms with Crippen LogP contribution >= 0.6 is 0 Å². The van der Waals surface area contributed by atoms with Crippen LogP contribution in [0.2, 0.25) is 0 Å². The van der Waals surface area contributed by atoms with Gasteiger partial charge >= 0.3 is 0 Å². The molecule has 3 nitrogen and oxygen atoms in total. The van der Waals surface area contributed by atoms with Gasteiger partial charge in [0.1, 0.15) is 0 Å². The van der Waals surface area contributed by atoms with E-state index in [2.05, 4.69) is 13.8 Å². The molecule has 0 spiro atoms. The Kier molecular flexibility index (Phi) is 4.99. The summed E-state index contributed by atoms with van der Waals surface area (Å²) in [5, 5.41) is 0. The third-order valence-corrected chi connectivity index (χ3v) is 2.19. The summed E-state index contributed by atoms with van der Waals surface area (Å²) in [6, 6.07) is -0.0675. The number of carbonyl (C=O) groups is 1. The van der Waals surface area contributed by atoms with Crippen LogP contribution in [0.1, 0.15) is 27.7 Å². The van der Waals surface area contributed by atoms with E-state index in [0.29, 0.717) is 5.92 Å². The van der Waals surface area contributed by atoms with Gasteiger partial charge in [0, 0.05) is 19.6 Å². The predicted molar refractivity (Wildman–Crippen MR) is 55.3 cm³/mol. The largest absolute Gasteiger partial charge is 0.345 e. The highest BCUT2D eigenvalue weighted by molar-refractivity contribution is 5.78. The van der Waals surface area contributed by atoms with Crippen molar-refractivity contribution in [3.63, 3.8) is 0 Å². The Hall–Kier alpha value is -0.570. The van der Waals surface area contributed by atoms with Crippen LogP contribution in [0.3, 0.4) is 0 Å². The molecule has 0 aliphatic rings. The molecule has 0 aromatic rings. The fourth-order valence-electron chi connectivity index (χ4n) is 1.21. The normalized spacial score (nSPS) is 15.6. The molecule has 0 radical (unpaired) electrons. The maximum atomic E-state index is 11.7. The minimum absolute atomic E-state index is 0.0675. The van der Waals surface area contributed by atoms with Crippen molar-refractivity contribution in [2.45, 2.75) is 33.7 Å². The first-order valence-electron chi connectivity index (χ1n) is 4.86. The van der Waals surface area contributed by atoms with Crippen LogP contribution in [0.25, 0.3) is 0 Å². The highest BCUT2D eigenvalue weighted by Gasteiger charge is 2.20. The van der Waals surface area contributed by atoms with Gasteiger partial charge in [-0.1, -0.05) is 20.8 Å². The van der Waals surface area contributed by atoms with Crippen LogP contribution in [0, 0.1) is 11.8 Å². The number of hydrogen-bond donors (Lipinski definition) is 1. The van der Waals surface area contributed by atoms with Crippen LogP contribution in [-0.4, -0.2) is 30.4 Å². The zero-order valence-corrected chi connectivity index (χ0v) is 9.37. The molecule has 0 aliphatic carbocycles. The van der Waals surface area contributed by atoms with E-state index >= 15 is 0 Å². The van der Waals surface area contributed by atoms with Gasteiger partial charge in [0.25, 0.3) is 0 Å². The second-order valence-electron chi connectivity index (χ2n) is 4.26. The SMILES string of the molecule is CC(C)CN(C)C(=O)C(C)C(C)N. The zero-order valence-electron chi connectivity index (χ0n) is 9.37. The Balaban J connectivity index is 4.09. The Morgan fingerprint density at radius 2 is 1.77 bits per heavy atom. The van der Waals surface area contributed by atoms with Gasteiger partial charge in [-0.25, -0.2) is 0 Å². The summed E-state index contributed by atoms with van der Waals surface area (Å²) in [6.45, 7) is 8.74. The number of carbonyl (C=O) groups excluding carboxylic acids is 1. The highest BCUT2D eigenvalue weighted by atomic mass is 16.2. The van der Waals surface area contributed by atoms with Gasteiger partial charge in [-0.3, -0.25) is 4.79 Å². The van der Waals surface area contributed by atoms with Crippen LogP contribution in [-0.2, 0) is 4.79 Å². The van der Waals surface area contributed by atoms with E-state index in [1.807, 2.05) is 20.9 Å². The molecule has 0 heterocycles. The number of nitrogens with zero attached hydrogens (tertiary/aromatic N) is 1. The van der Waals surface area contributed by atoms with E-state index in [0.717, 1.165) is 6.54 Å². The van der Waals surface area contributed by atoms with E-state index < -0.39 is 0 Å². The van der Waals surface area contributed by atoms with Gasteiger partial charge in [0.05, 0.1) is 5.92 Å². The summed E-state index contributed by atoms with van der Waals surface area (Å²) in [6.07, 6.45) is 0. The molecule has 0 fully saturated rings. The van der Waals surface area contributed by atoms with Crippen molar-refractivity contribution in [2.24, 2.45) is 17.6 Å². The minimum atomic E-state index is -0.0799. The monoisotopic (exact) mass is 186 g/mol. The van der Waals surface area contributed by atoms with Crippen LogP contribution in [0.15, 0.2) is 0 Å². The summed E-state index contributed by atoms with van der Waals surface area (Å²) in [5.41, 5.74) is 5.66. The molecule has 0 aliphatic heterocycles. The van der Waals surface area contributed by atoms with Gasteiger partial charge in [-0.05, 0) is 12.8 Å². The Labute approximate surface area is 81.3 Å². The Morgan fingerprint density at radius 3 is 2.08 bits per heavy atom. The van der Waals surface area contributed by atoms with Gasteiger partial charge in [0.15, 0.2) is 0 Å². The summed E-state index contributed by atoms with van der Waals surface area (Å²) in [7, 11) is 1.83. The second kappa shape index (κ2) is 5.22. The van der Waals surface area contributed by atoms with Crippen molar-refractivity contribution in [3.05, 3.63) is 0 Å². The van der Waals surface area contributed by atoms with E-state index in [1.54, 1.807) is 4.90 Å². The first-order valence-corrected chi connectivity index (χ1v) is 4.86. The van der Waals surface area contributed by atoms with Crippen LogP contribution < -0.4 is 5.73 Å².